The Balaban J connectivity index is 1.96. The molecular formula is C22H24ClN3O3S. The van der Waals surface area contributed by atoms with Crippen LogP contribution in [0.1, 0.15) is 24.2 Å². The number of aromatic nitrogens is 3. The molecule has 0 aliphatic carbocycles. The predicted octanol–water partition coefficient (Wildman–Crippen LogP) is 5.03. The molecule has 30 heavy (non-hydrogen) atoms. The molecule has 0 spiro atoms. The van der Waals surface area contributed by atoms with Gasteiger partial charge < -0.3 is 14.0 Å². The molecule has 0 saturated heterocycles. The summed E-state index contributed by atoms with van der Waals surface area (Å²) in [5.41, 5.74) is 1.77. The van der Waals surface area contributed by atoms with Crippen molar-refractivity contribution in [3.8, 4) is 11.4 Å². The smallest absolute Gasteiger partial charge is 0.324 e. The summed E-state index contributed by atoms with van der Waals surface area (Å²) in [7, 11) is 1.67. The molecule has 0 N–H and O–H groups in total. The molecule has 1 aromatic heterocycles. The molecule has 0 aliphatic rings. The van der Waals surface area contributed by atoms with Crippen LogP contribution in [0.25, 0.3) is 11.4 Å². The first-order valence-corrected chi connectivity index (χ1v) is 11.0. The van der Waals surface area contributed by atoms with Crippen molar-refractivity contribution in [1.82, 2.24) is 14.8 Å². The molecule has 0 saturated carbocycles. The minimum Gasteiger partial charge on any atom is -0.465 e. The average Bonchev–Trinajstić information content (AvgIpc) is 3.16. The maximum atomic E-state index is 12.7. The third-order valence-corrected chi connectivity index (χ3v) is 5.84. The summed E-state index contributed by atoms with van der Waals surface area (Å²) in [4.78, 5) is 12.7. The van der Waals surface area contributed by atoms with Crippen LogP contribution in [0.3, 0.4) is 0 Å². The largest absolute Gasteiger partial charge is 0.465 e. The number of methoxy groups -OCH3 is 1. The van der Waals surface area contributed by atoms with Crippen molar-refractivity contribution in [2.75, 3.05) is 20.3 Å². The Bertz CT molecular complexity index is 948. The SMILES string of the molecule is CCOC(=O)C(Sc1nnc(-c2ccc(Cl)cc2)n1CCCOC)c1ccccc1. The van der Waals surface area contributed by atoms with Gasteiger partial charge in [-0.2, -0.15) is 0 Å². The van der Waals surface area contributed by atoms with Gasteiger partial charge in [0.2, 0.25) is 0 Å². The van der Waals surface area contributed by atoms with E-state index in [1.807, 2.05) is 59.2 Å². The van der Waals surface area contributed by atoms with E-state index in [0.717, 1.165) is 23.4 Å². The van der Waals surface area contributed by atoms with Gasteiger partial charge in [-0.3, -0.25) is 4.79 Å². The van der Waals surface area contributed by atoms with Crippen molar-refractivity contribution in [2.24, 2.45) is 0 Å². The Morgan fingerprint density at radius 2 is 1.87 bits per heavy atom. The average molecular weight is 446 g/mol. The lowest BCUT2D eigenvalue weighted by atomic mass is 10.1. The van der Waals surface area contributed by atoms with Crippen LogP contribution in [-0.4, -0.2) is 41.1 Å². The molecule has 0 fully saturated rings. The number of rotatable bonds is 10. The number of benzene rings is 2. The first kappa shape index (κ1) is 22.3. The summed E-state index contributed by atoms with van der Waals surface area (Å²) in [5, 5.41) is 9.57. The molecule has 3 aromatic rings. The molecule has 1 unspecified atom stereocenters. The summed E-state index contributed by atoms with van der Waals surface area (Å²) < 4.78 is 12.5. The third kappa shape index (κ3) is 5.62. The number of ether oxygens (including phenoxy) is 2. The number of thioether (sulfide) groups is 1. The van der Waals surface area contributed by atoms with Crippen LogP contribution in [0.2, 0.25) is 5.02 Å². The summed E-state index contributed by atoms with van der Waals surface area (Å²) in [6, 6.07) is 17.0. The van der Waals surface area contributed by atoms with E-state index in [2.05, 4.69) is 10.2 Å². The zero-order valence-electron chi connectivity index (χ0n) is 17.0. The van der Waals surface area contributed by atoms with Crippen molar-refractivity contribution >= 4 is 29.3 Å². The molecule has 1 atom stereocenters. The lowest BCUT2D eigenvalue weighted by Crippen LogP contribution is -2.14. The highest BCUT2D eigenvalue weighted by Crippen LogP contribution is 2.37. The molecule has 3 rings (SSSR count). The van der Waals surface area contributed by atoms with Crippen molar-refractivity contribution in [1.29, 1.82) is 0 Å². The van der Waals surface area contributed by atoms with Gasteiger partial charge in [-0.25, -0.2) is 0 Å². The number of hydrogen-bond acceptors (Lipinski definition) is 6. The number of hydrogen-bond donors (Lipinski definition) is 0. The van der Waals surface area contributed by atoms with Crippen LogP contribution < -0.4 is 0 Å². The lowest BCUT2D eigenvalue weighted by Gasteiger charge is -2.16. The Labute approximate surface area is 185 Å². The van der Waals surface area contributed by atoms with E-state index in [1.54, 1.807) is 14.0 Å². The number of nitrogens with zero attached hydrogens (tertiary/aromatic N) is 3. The van der Waals surface area contributed by atoms with E-state index in [-0.39, 0.29) is 5.97 Å². The van der Waals surface area contributed by atoms with Gasteiger partial charge in [-0.15, -0.1) is 10.2 Å². The monoisotopic (exact) mass is 445 g/mol. The highest BCUT2D eigenvalue weighted by Gasteiger charge is 2.27. The maximum Gasteiger partial charge on any atom is 0.324 e. The molecule has 0 amide bonds. The van der Waals surface area contributed by atoms with Crippen LogP contribution in [0.5, 0.6) is 0 Å². The lowest BCUT2D eigenvalue weighted by molar-refractivity contribution is -0.142. The molecular weight excluding hydrogens is 422 g/mol. The molecule has 8 heteroatoms. The molecule has 6 nitrogen and oxygen atoms in total. The van der Waals surface area contributed by atoms with E-state index in [9.17, 15) is 4.79 Å². The molecule has 0 radical (unpaired) electrons. The van der Waals surface area contributed by atoms with Gasteiger partial charge in [-0.05, 0) is 43.2 Å². The minimum atomic E-state index is -0.533. The fourth-order valence-corrected chi connectivity index (χ4v) is 4.15. The van der Waals surface area contributed by atoms with Gasteiger partial charge in [0.1, 0.15) is 5.25 Å². The van der Waals surface area contributed by atoms with Crippen molar-refractivity contribution in [2.45, 2.75) is 30.3 Å². The van der Waals surface area contributed by atoms with Gasteiger partial charge in [0.15, 0.2) is 11.0 Å². The van der Waals surface area contributed by atoms with E-state index in [1.165, 1.54) is 11.8 Å². The zero-order chi connectivity index (χ0) is 21.3. The summed E-state index contributed by atoms with van der Waals surface area (Å²) >= 11 is 7.37. The van der Waals surface area contributed by atoms with E-state index in [4.69, 9.17) is 21.1 Å². The first-order chi connectivity index (χ1) is 14.6. The van der Waals surface area contributed by atoms with Crippen LogP contribution in [-0.2, 0) is 20.8 Å². The summed E-state index contributed by atoms with van der Waals surface area (Å²) in [6.45, 7) is 3.39. The second kappa shape index (κ2) is 11.2. The van der Waals surface area contributed by atoms with Crippen molar-refractivity contribution < 1.29 is 14.3 Å². The Morgan fingerprint density at radius 3 is 2.53 bits per heavy atom. The normalized spacial score (nSPS) is 12.0. The van der Waals surface area contributed by atoms with Gasteiger partial charge in [-0.1, -0.05) is 53.7 Å². The quantitative estimate of drug-likeness (QED) is 0.247. The van der Waals surface area contributed by atoms with Gasteiger partial charge in [0, 0.05) is 30.8 Å². The van der Waals surface area contributed by atoms with Crippen LogP contribution >= 0.6 is 23.4 Å². The van der Waals surface area contributed by atoms with Crippen LogP contribution in [0.4, 0.5) is 0 Å². The maximum absolute atomic E-state index is 12.7. The van der Waals surface area contributed by atoms with Crippen LogP contribution in [0.15, 0.2) is 59.8 Å². The summed E-state index contributed by atoms with van der Waals surface area (Å²) in [5.74, 6) is 0.425. The summed E-state index contributed by atoms with van der Waals surface area (Å²) in [6.07, 6.45) is 0.790. The first-order valence-electron chi connectivity index (χ1n) is 9.70. The molecule has 158 valence electrons. The number of halogens is 1. The third-order valence-electron chi connectivity index (χ3n) is 4.38. The Hall–Kier alpha value is -2.35. The highest BCUT2D eigenvalue weighted by atomic mass is 35.5. The zero-order valence-corrected chi connectivity index (χ0v) is 18.5. The molecule has 0 aliphatic heterocycles. The van der Waals surface area contributed by atoms with E-state index >= 15 is 0 Å². The van der Waals surface area contributed by atoms with Gasteiger partial charge >= 0.3 is 5.97 Å². The molecule has 0 bridgehead atoms. The second-order valence-corrected chi connectivity index (χ2v) is 7.98. The number of carbonyl (C=O) groups is 1. The Morgan fingerprint density at radius 1 is 1.13 bits per heavy atom. The fourth-order valence-electron chi connectivity index (χ4n) is 2.96. The van der Waals surface area contributed by atoms with Crippen molar-refractivity contribution in [3.63, 3.8) is 0 Å². The fraction of sp³-hybridized carbons (Fsp3) is 0.318. The predicted molar refractivity (Wildman–Crippen MR) is 119 cm³/mol. The van der Waals surface area contributed by atoms with Crippen molar-refractivity contribution in [3.05, 3.63) is 65.2 Å². The topological polar surface area (TPSA) is 66.2 Å². The number of esters is 1. The minimum absolute atomic E-state index is 0.298. The molecule has 1 heterocycles. The van der Waals surface area contributed by atoms with E-state index in [0.29, 0.717) is 29.9 Å². The van der Waals surface area contributed by atoms with Gasteiger partial charge in [0.05, 0.1) is 6.61 Å². The number of carbonyl (C=O) groups excluding carboxylic acids is 1. The van der Waals surface area contributed by atoms with Gasteiger partial charge in [0.25, 0.3) is 0 Å². The van der Waals surface area contributed by atoms with E-state index < -0.39 is 5.25 Å². The second-order valence-electron chi connectivity index (χ2n) is 6.47. The van der Waals surface area contributed by atoms with Crippen LogP contribution in [0, 0.1) is 0 Å². The highest BCUT2D eigenvalue weighted by molar-refractivity contribution is 8.00. The Kier molecular flexibility index (Phi) is 8.30. The standard InChI is InChI=1S/C22H24ClN3O3S/c1-3-29-21(27)19(16-8-5-4-6-9-16)30-22-25-24-20(26(22)14-7-15-28-2)17-10-12-18(23)13-11-17/h4-6,8-13,19H,3,7,14-15H2,1-2H3. The molecule has 2 aromatic carbocycles.